The number of rotatable bonds is 7. The Morgan fingerprint density at radius 3 is 2.44 bits per heavy atom. The van der Waals surface area contributed by atoms with Crippen LogP contribution in [0.2, 0.25) is 5.02 Å². The molecule has 0 saturated heterocycles. The summed E-state index contributed by atoms with van der Waals surface area (Å²) in [7, 11) is 0. The summed E-state index contributed by atoms with van der Waals surface area (Å²) in [5.41, 5.74) is 0.596. The molecule has 3 N–H and O–H groups in total. The highest BCUT2D eigenvalue weighted by Crippen LogP contribution is 2.21. The minimum atomic E-state index is -0.406. The molecule has 3 amide bonds. The molecular formula is C17H18ClN3O3S. The molecule has 0 aliphatic carbocycles. The molecule has 25 heavy (non-hydrogen) atoms. The Labute approximate surface area is 154 Å². The minimum absolute atomic E-state index is 0.0638. The van der Waals surface area contributed by atoms with Crippen LogP contribution < -0.4 is 16.0 Å². The second kappa shape index (κ2) is 9.19. The van der Waals surface area contributed by atoms with Crippen LogP contribution in [0.5, 0.6) is 0 Å². The van der Waals surface area contributed by atoms with E-state index >= 15 is 0 Å². The van der Waals surface area contributed by atoms with Gasteiger partial charge in [0, 0.05) is 22.5 Å². The van der Waals surface area contributed by atoms with Gasteiger partial charge in [-0.1, -0.05) is 17.7 Å². The Morgan fingerprint density at radius 2 is 1.84 bits per heavy atom. The number of carbonyl (C=O) groups is 3. The van der Waals surface area contributed by atoms with Crippen LogP contribution in [-0.4, -0.2) is 24.3 Å². The quantitative estimate of drug-likeness (QED) is 0.691. The molecule has 0 fully saturated rings. The Morgan fingerprint density at radius 1 is 1.12 bits per heavy atom. The van der Waals surface area contributed by atoms with Crippen molar-refractivity contribution < 1.29 is 14.4 Å². The van der Waals surface area contributed by atoms with Crippen LogP contribution in [-0.2, 0) is 14.4 Å². The topological polar surface area (TPSA) is 87.3 Å². The smallest absolute Gasteiger partial charge is 0.243 e. The van der Waals surface area contributed by atoms with Gasteiger partial charge in [0.05, 0.1) is 19.0 Å². The highest BCUT2D eigenvalue weighted by Gasteiger charge is 2.18. The minimum Gasteiger partial charge on any atom is -0.348 e. The normalized spacial score (nSPS) is 11.4. The molecule has 0 bridgehead atoms. The first-order valence-corrected chi connectivity index (χ1v) is 8.82. The Bertz CT molecular complexity index is 732. The zero-order valence-electron chi connectivity index (χ0n) is 13.5. The number of thiophene rings is 1. The van der Waals surface area contributed by atoms with Crippen LogP contribution in [0.15, 0.2) is 41.8 Å². The van der Waals surface area contributed by atoms with E-state index in [-0.39, 0.29) is 30.7 Å². The summed E-state index contributed by atoms with van der Waals surface area (Å²) in [5.74, 6) is -0.882. The highest BCUT2D eigenvalue weighted by atomic mass is 35.5. The molecule has 0 aliphatic heterocycles. The maximum atomic E-state index is 12.1. The molecule has 0 aliphatic rings. The van der Waals surface area contributed by atoms with Crippen molar-refractivity contribution in [2.24, 2.45) is 0 Å². The highest BCUT2D eigenvalue weighted by molar-refractivity contribution is 7.10. The number of hydrogen-bond acceptors (Lipinski definition) is 4. The van der Waals surface area contributed by atoms with Crippen LogP contribution in [0.3, 0.4) is 0 Å². The number of amides is 3. The molecule has 2 aromatic rings. The van der Waals surface area contributed by atoms with Crippen LogP contribution in [0.1, 0.15) is 24.3 Å². The van der Waals surface area contributed by atoms with Crippen molar-refractivity contribution in [1.29, 1.82) is 0 Å². The lowest BCUT2D eigenvalue weighted by molar-refractivity contribution is -0.125. The summed E-state index contributed by atoms with van der Waals surface area (Å²) in [6, 6.07) is 9.97. The third kappa shape index (κ3) is 6.56. The second-order valence-electron chi connectivity index (χ2n) is 5.30. The predicted molar refractivity (Wildman–Crippen MR) is 98.6 cm³/mol. The van der Waals surface area contributed by atoms with E-state index in [0.717, 1.165) is 4.88 Å². The zero-order valence-corrected chi connectivity index (χ0v) is 15.1. The summed E-state index contributed by atoms with van der Waals surface area (Å²) in [4.78, 5) is 36.1. The van der Waals surface area contributed by atoms with Gasteiger partial charge < -0.3 is 16.0 Å². The van der Waals surface area contributed by atoms with Gasteiger partial charge in [0.15, 0.2) is 0 Å². The standard InChI is InChI=1S/C17H18ClN3O3S/c1-11(22)20-14(15-3-2-8-25-15)9-16(23)19-10-17(24)21-13-6-4-12(18)5-7-13/h2-8,14H,9-10H2,1H3,(H,19,23)(H,20,22)(H,21,24). The molecule has 132 valence electrons. The van der Waals surface area contributed by atoms with Crippen LogP contribution in [0.25, 0.3) is 0 Å². The van der Waals surface area contributed by atoms with Gasteiger partial charge in [-0.05, 0) is 35.7 Å². The summed E-state index contributed by atoms with van der Waals surface area (Å²) in [6.45, 7) is 1.25. The van der Waals surface area contributed by atoms with Crippen LogP contribution in [0.4, 0.5) is 5.69 Å². The van der Waals surface area contributed by atoms with Gasteiger partial charge in [0.2, 0.25) is 17.7 Å². The second-order valence-corrected chi connectivity index (χ2v) is 6.72. The SMILES string of the molecule is CC(=O)NC(CC(=O)NCC(=O)Nc1ccc(Cl)cc1)c1cccs1. The molecular weight excluding hydrogens is 362 g/mol. The molecule has 1 aromatic heterocycles. The van der Waals surface area contributed by atoms with Crippen molar-refractivity contribution in [1.82, 2.24) is 10.6 Å². The lowest BCUT2D eigenvalue weighted by atomic mass is 10.1. The molecule has 1 atom stereocenters. The van der Waals surface area contributed by atoms with Crippen molar-refractivity contribution in [2.45, 2.75) is 19.4 Å². The van der Waals surface area contributed by atoms with E-state index in [1.807, 2.05) is 17.5 Å². The molecule has 1 aromatic carbocycles. The first-order chi connectivity index (χ1) is 11.9. The Kier molecular flexibility index (Phi) is 6.97. The molecule has 1 unspecified atom stereocenters. The summed E-state index contributed by atoms with van der Waals surface area (Å²) < 4.78 is 0. The van der Waals surface area contributed by atoms with Gasteiger partial charge in [0.25, 0.3) is 0 Å². The fourth-order valence-corrected chi connectivity index (χ4v) is 3.04. The van der Waals surface area contributed by atoms with Gasteiger partial charge in [-0.2, -0.15) is 0 Å². The number of benzene rings is 1. The number of hydrogen-bond donors (Lipinski definition) is 3. The third-order valence-electron chi connectivity index (χ3n) is 3.23. The maximum Gasteiger partial charge on any atom is 0.243 e. The van der Waals surface area contributed by atoms with E-state index in [0.29, 0.717) is 10.7 Å². The molecule has 0 spiro atoms. The maximum absolute atomic E-state index is 12.1. The van der Waals surface area contributed by atoms with Crippen molar-refractivity contribution >= 4 is 46.3 Å². The van der Waals surface area contributed by atoms with Crippen molar-refractivity contribution in [3.63, 3.8) is 0 Å². The molecule has 6 nitrogen and oxygen atoms in total. The fourth-order valence-electron chi connectivity index (χ4n) is 2.13. The van der Waals surface area contributed by atoms with Crippen molar-refractivity contribution in [3.8, 4) is 0 Å². The average molecular weight is 380 g/mol. The summed E-state index contributed by atoms with van der Waals surface area (Å²) in [5, 5.41) is 10.4. The summed E-state index contributed by atoms with van der Waals surface area (Å²) >= 11 is 7.24. The molecule has 8 heteroatoms. The lowest BCUT2D eigenvalue weighted by Crippen LogP contribution is -2.36. The van der Waals surface area contributed by atoms with E-state index < -0.39 is 6.04 Å². The van der Waals surface area contributed by atoms with Gasteiger partial charge in [-0.3, -0.25) is 14.4 Å². The van der Waals surface area contributed by atoms with E-state index in [4.69, 9.17) is 11.6 Å². The molecule has 1 heterocycles. The van der Waals surface area contributed by atoms with E-state index in [1.165, 1.54) is 18.3 Å². The Balaban J connectivity index is 1.82. The zero-order chi connectivity index (χ0) is 18.2. The largest absolute Gasteiger partial charge is 0.348 e. The number of halogens is 1. The first kappa shape index (κ1) is 19.0. The average Bonchev–Trinajstić information content (AvgIpc) is 3.08. The van der Waals surface area contributed by atoms with E-state index in [1.54, 1.807) is 24.3 Å². The Hall–Kier alpha value is -2.38. The summed E-state index contributed by atoms with van der Waals surface area (Å²) in [6.07, 6.45) is 0.0638. The third-order valence-corrected chi connectivity index (χ3v) is 4.47. The van der Waals surface area contributed by atoms with Crippen LogP contribution in [0, 0.1) is 0 Å². The van der Waals surface area contributed by atoms with Crippen LogP contribution >= 0.6 is 22.9 Å². The molecule has 2 rings (SSSR count). The van der Waals surface area contributed by atoms with Crippen molar-refractivity contribution in [3.05, 3.63) is 51.7 Å². The first-order valence-electron chi connectivity index (χ1n) is 7.56. The fraction of sp³-hybridized carbons (Fsp3) is 0.235. The molecule has 0 radical (unpaired) electrons. The van der Waals surface area contributed by atoms with Gasteiger partial charge in [0.1, 0.15) is 0 Å². The number of anilines is 1. The predicted octanol–water partition coefficient (Wildman–Crippen LogP) is 2.72. The number of nitrogens with one attached hydrogen (secondary N) is 3. The van der Waals surface area contributed by atoms with Gasteiger partial charge >= 0.3 is 0 Å². The van der Waals surface area contributed by atoms with E-state index in [2.05, 4.69) is 16.0 Å². The van der Waals surface area contributed by atoms with Gasteiger partial charge in [-0.15, -0.1) is 11.3 Å². The van der Waals surface area contributed by atoms with Gasteiger partial charge in [-0.25, -0.2) is 0 Å². The lowest BCUT2D eigenvalue weighted by Gasteiger charge is -2.16. The molecule has 0 saturated carbocycles. The van der Waals surface area contributed by atoms with E-state index in [9.17, 15) is 14.4 Å². The monoisotopic (exact) mass is 379 g/mol. The number of carbonyl (C=O) groups excluding carboxylic acids is 3. The van der Waals surface area contributed by atoms with Crippen molar-refractivity contribution in [2.75, 3.05) is 11.9 Å².